The molecule has 0 fully saturated rings. The number of thiophene rings is 1. The van der Waals surface area contributed by atoms with E-state index in [4.69, 9.17) is 0 Å². The van der Waals surface area contributed by atoms with Crippen molar-refractivity contribution in [1.82, 2.24) is 5.32 Å². The van der Waals surface area contributed by atoms with Crippen molar-refractivity contribution in [3.05, 3.63) is 56.7 Å². The topological polar surface area (TPSA) is 12.0 Å². The van der Waals surface area contributed by atoms with Gasteiger partial charge in [-0.1, -0.05) is 30.3 Å². The minimum Gasteiger partial charge on any atom is -0.312 e. The molecule has 84 valence electrons. The third-order valence-electron chi connectivity index (χ3n) is 2.38. The first kappa shape index (κ1) is 11.8. The Kier molecular flexibility index (Phi) is 4.57. The fraction of sp³-hybridized carbons (Fsp3) is 0.231. The van der Waals surface area contributed by atoms with Crippen LogP contribution in [-0.2, 0) is 13.0 Å². The van der Waals surface area contributed by atoms with Crippen molar-refractivity contribution in [1.29, 1.82) is 0 Å². The van der Waals surface area contributed by atoms with Gasteiger partial charge in [-0.2, -0.15) is 0 Å². The first-order valence-corrected chi connectivity index (χ1v) is 6.99. The highest BCUT2D eigenvalue weighted by Gasteiger charge is 1.96. The van der Waals surface area contributed by atoms with Gasteiger partial charge in [0.05, 0.1) is 3.79 Å². The van der Waals surface area contributed by atoms with Crippen molar-refractivity contribution in [3.8, 4) is 0 Å². The van der Waals surface area contributed by atoms with E-state index in [-0.39, 0.29) is 0 Å². The third-order valence-corrected chi connectivity index (χ3v) is 3.94. The summed E-state index contributed by atoms with van der Waals surface area (Å²) in [4.78, 5) is 0. The van der Waals surface area contributed by atoms with Crippen molar-refractivity contribution in [2.24, 2.45) is 0 Å². The second-order valence-corrected chi connectivity index (χ2v) is 5.96. The molecule has 2 aromatic rings. The molecule has 0 unspecified atom stereocenters. The molecule has 16 heavy (non-hydrogen) atoms. The molecule has 0 radical (unpaired) electrons. The largest absolute Gasteiger partial charge is 0.312 e. The molecule has 1 N–H and O–H groups in total. The van der Waals surface area contributed by atoms with E-state index < -0.39 is 0 Å². The highest BCUT2D eigenvalue weighted by molar-refractivity contribution is 9.11. The van der Waals surface area contributed by atoms with Crippen LogP contribution in [0.4, 0.5) is 0 Å². The van der Waals surface area contributed by atoms with Crippen molar-refractivity contribution >= 4 is 27.3 Å². The van der Waals surface area contributed by atoms with E-state index in [9.17, 15) is 0 Å². The molecular formula is C13H14BrNS. The molecule has 0 saturated carbocycles. The van der Waals surface area contributed by atoms with Crippen LogP contribution in [0.5, 0.6) is 0 Å². The Labute approximate surface area is 109 Å². The highest BCUT2D eigenvalue weighted by atomic mass is 79.9. The molecule has 3 heteroatoms. The van der Waals surface area contributed by atoms with Crippen LogP contribution in [0.1, 0.15) is 11.1 Å². The summed E-state index contributed by atoms with van der Waals surface area (Å²) in [6.07, 6.45) is 1.09. The molecule has 1 aromatic carbocycles. The lowest BCUT2D eigenvalue weighted by molar-refractivity contribution is 0.688. The summed E-state index contributed by atoms with van der Waals surface area (Å²) in [5, 5.41) is 5.63. The molecule has 0 amide bonds. The highest BCUT2D eigenvalue weighted by Crippen LogP contribution is 2.20. The van der Waals surface area contributed by atoms with Crippen LogP contribution in [-0.4, -0.2) is 6.54 Å². The van der Waals surface area contributed by atoms with E-state index in [1.165, 1.54) is 14.9 Å². The summed E-state index contributed by atoms with van der Waals surface area (Å²) in [5.74, 6) is 0. The van der Waals surface area contributed by atoms with E-state index in [0.717, 1.165) is 19.5 Å². The molecule has 0 bridgehead atoms. The van der Waals surface area contributed by atoms with Crippen molar-refractivity contribution in [2.45, 2.75) is 13.0 Å². The maximum Gasteiger partial charge on any atom is 0.0701 e. The van der Waals surface area contributed by atoms with Gasteiger partial charge in [0.15, 0.2) is 0 Å². The summed E-state index contributed by atoms with van der Waals surface area (Å²) in [5.41, 5.74) is 2.74. The van der Waals surface area contributed by atoms with Gasteiger partial charge in [-0.25, -0.2) is 0 Å². The van der Waals surface area contributed by atoms with Crippen LogP contribution in [0.2, 0.25) is 0 Å². The monoisotopic (exact) mass is 295 g/mol. The average Bonchev–Trinajstić information content (AvgIpc) is 2.72. The van der Waals surface area contributed by atoms with Crippen LogP contribution in [0.3, 0.4) is 0 Å². The quantitative estimate of drug-likeness (QED) is 0.827. The van der Waals surface area contributed by atoms with Crippen molar-refractivity contribution in [2.75, 3.05) is 6.54 Å². The Morgan fingerprint density at radius 1 is 1.12 bits per heavy atom. The molecule has 0 spiro atoms. The van der Waals surface area contributed by atoms with E-state index in [2.05, 4.69) is 63.0 Å². The molecule has 1 aromatic heterocycles. The van der Waals surface area contributed by atoms with E-state index in [0.29, 0.717) is 0 Å². The molecule has 0 aliphatic carbocycles. The molecule has 1 nitrogen and oxygen atoms in total. The zero-order valence-electron chi connectivity index (χ0n) is 8.95. The summed E-state index contributed by atoms with van der Waals surface area (Å²) >= 11 is 5.20. The van der Waals surface area contributed by atoms with Crippen molar-refractivity contribution in [3.63, 3.8) is 0 Å². The Balaban J connectivity index is 1.69. The van der Waals surface area contributed by atoms with E-state index in [1.54, 1.807) is 11.3 Å². The fourth-order valence-electron chi connectivity index (χ4n) is 1.55. The van der Waals surface area contributed by atoms with Gasteiger partial charge in [0.1, 0.15) is 0 Å². The average molecular weight is 296 g/mol. The van der Waals surface area contributed by atoms with Gasteiger partial charge in [-0.15, -0.1) is 11.3 Å². The predicted octanol–water partition coefficient (Wildman–Crippen LogP) is 3.84. The predicted molar refractivity (Wildman–Crippen MR) is 73.9 cm³/mol. The molecule has 0 atom stereocenters. The SMILES string of the molecule is Brc1cc(CNCCc2ccccc2)cs1. The van der Waals surface area contributed by atoms with Gasteiger partial charge in [0.25, 0.3) is 0 Å². The van der Waals surface area contributed by atoms with Crippen LogP contribution in [0.15, 0.2) is 45.6 Å². The molecule has 1 heterocycles. The summed E-state index contributed by atoms with van der Waals surface area (Å²) in [6.45, 7) is 1.98. The Morgan fingerprint density at radius 3 is 2.62 bits per heavy atom. The second-order valence-electron chi connectivity index (χ2n) is 3.67. The lowest BCUT2D eigenvalue weighted by atomic mass is 10.1. The number of hydrogen-bond acceptors (Lipinski definition) is 2. The van der Waals surface area contributed by atoms with Crippen LogP contribution in [0.25, 0.3) is 0 Å². The number of nitrogens with one attached hydrogen (secondary N) is 1. The number of rotatable bonds is 5. The molecular weight excluding hydrogens is 282 g/mol. The van der Waals surface area contributed by atoms with Gasteiger partial charge < -0.3 is 5.32 Å². The maximum absolute atomic E-state index is 3.47. The van der Waals surface area contributed by atoms with Gasteiger partial charge in [-0.05, 0) is 51.5 Å². The zero-order valence-corrected chi connectivity index (χ0v) is 11.4. The van der Waals surface area contributed by atoms with Crippen LogP contribution < -0.4 is 5.32 Å². The Hall–Kier alpha value is -0.640. The lowest BCUT2D eigenvalue weighted by Gasteiger charge is -2.03. The minimum absolute atomic E-state index is 0.953. The smallest absolute Gasteiger partial charge is 0.0701 e. The van der Waals surface area contributed by atoms with Crippen LogP contribution >= 0.6 is 27.3 Å². The second kappa shape index (κ2) is 6.18. The summed E-state index contributed by atoms with van der Waals surface area (Å²) in [7, 11) is 0. The summed E-state index contributed by atoms with van der Waals surface area (Å²) in [6, 6.07) is 12.7. The maximum atomic E-state index is 3.47. The third kappa shape index (κ3) is 3.74. The Morgan fingerprint density at radius 2 is 1.94 bits per heavy atom. The first-order valence-electron chi connectivity index (χ1n) is 5.32. The van der Waals surface area contributed by atoms with Gasteiger partial charge in [-0.3, -0.25) is 0 Å². The normalized spacial score (nSPS) is 10.6. The summed E-state index contributed by atoms with van der Waals surface area (Å²) < 4.78 is 1.20. The molecule has 0 aliphatic rings. The van der Waals surface area contributed by atoms with Gasteiger partial charge in [0.2, 0.25) is 0 Å². The fourth-order valence-corrected chi connectivity index (χ4v) is 2.76. The van der Waals surface area contributed by atoms with E-state index in [1.807, 2.05) is 0 Å². The van der Waals surface area contributed by atoms with Gasteiger partial charge >= 0.3 is 0 Å². The molecule has 0 aliphatic heterocycles. The number of benzene rings is 1. The molecule has 2 rings (SSSR count). The first-order chi connectivity index (χ1) is 7.84. The minimum atomic E-state index is 0.953. The van der Waals surface area contributed by atoms with Crippen molar-refractivity contribution < 1.29 is 0 Å². The zero-order chi connectivity index (χ0) is 11.2. The van der Waals surface area contributed by atoms with Crippen LogP contribution in [0, 0.1) is 0 Å². The number of halogens is 1. The Bertz CT molecular complexity index is 425. The van der Waals surface area contributed by atoms with Gasteiger partial charge in [0, 0.05) is 6.54 Å². The lowest BCUT2D eigenvalue weighted by Crippen LogP contribution is -2.16. The van der Waals surface area contributed by atoms with E-state index >= 15 is 0 Å². The number of hydrogen-bond donors (Lipinski definition) is 1. The standard InChI is InChI=1S/C13H14BrNS/c14-13-8-12(10-16-13)9-15-7-6-11-4-2-1-3-5-11/h1-5,8,10,15H,6-7,9H2. The molecule has 0 saturated heterocycles.